The minimum Gasteiger partial charge on any atom is -0.493 e. The van der Waals surface area contributed by atoms with Crippen molar-refractivity contribution in [3.63, 3.8) is 0 Å². The molecule has 6 heteroatoms. The predicted molar refractivity (Wildman–Crippen MR) is 120 cm³/mol. The van der Waals surface area contributed by atoms with Gasteiger partial charge in [0.15, 0.2) is 11.5 Å². The van der Waals surface area contributed by atoms with Crippen molar-refractivity contribution in [3.8, 4) is 11.5 Å². The zero-order chi connectivity index (χ0) is 22.4. The summed E-state index contributed by atoms with van der Waals surface area (Å²) >= 11 is 0. The highest BCUT2D eigenvalue weighted by molar-refractivity contribution is 5.89. The fourth-order valence-electron chi connectivity index (χ4n) is 4.03. The molecule has 2 unspecified atom stereocenters. The Bertz CT molecular complexity index is 898. The zero-order valence-electron chi connectivity index (χ0n) is 18.8. The van der Waals surface area contributed by atoms with Crippen molar-refractivity contribution >= 4 is 11.8 Å². The lowest BCUT2D eigenvalue weighted by Crippen LogP contribution is -2.37. The van der Waals surface area contributed by atoms with E-state index in [9.17, 15) is 9.59 Å². The molecule has 1 aliphatic heterocycles. The molecule has 0 aromatic heterocycles. The van der Waals surface area contributed by atoms with Crippen LogP contribution in [0.3, 0.4) is 0 Å². The van der Waals surface area contributed by atoms with Crippen molar-refractivity contribution in [3.05, 3.63) is 59.7 Å². The minimum absolute atomic E-state index is 0.0291. The van der Waals surface area contributed by atoms with E-state index in [1.54, 1.807) is 19.1 Å². The number of nitrogens with one attached hydrogen (secondary N) is 1. The van der Waals surface area contributed by atoms with E-state index >= 15 is 0 Å². The minimum atomic E-state index is -0.317. The number of carbonyl (C=O) groups is 2. The van der Waals surface area contributed by atoms with E-state index in [-0.39, 0.29) is 36.1 Å². The number of amides is 2. The van der Waals surface area contributed by atoms with Gasteiger partial charge in [-0.25, -0.2) is 0 Å². The molecule has 0 spiro atoms. The van der Waals surface area contributed by atoms with Gasteiger partial charge >= 0.3 is 0 Å². The molecule has 166 valence electrons. The molecule has 0 saturated carbocycles. The number of nitrogens with zero attached hydrogens (tertiary/aromatic N) is 1. The summed E-state index contributed by atoms with van der Waals surface area (Å²) in [6, 6.07) is 15.7. The van der Waals surface area contributed by atoms with Gasteiger partial charge < -0.3 is 19.7 Å². The highest BCUT2D eigenvalue weighted by atomic mass is 16.5. The summed E-state index contributed by atoms with van der Waals surface area (Å²) in [5, 5.41) is 3.17. The lowest BCUT2D eigenvalue weighted by atomic mass is 9.95. The van der Waals surface area contributed by atoms with Crippen LogP contribution in [0.25, 0.3) is 0 Å². The first-order chi connectivity index (χ1) is 14.9. The number of carbonyl (C=O) groups excluding carboxylic acids is 2. The number of benzene rings is 2. The number of hydrogen-bond donors (Lipinski definition) is 1. The second kappa shape index (κ2) is 10.3. The van der Waals surface area contributed by atoms with E-state index < -0.39 is 0 Å². The summed E-state index contributed by atoms with van der Waals surface area (Å²) < 4.78 is 10.6. The second-order valence-electron chi connectivity index (χ2n) is 8.32. The van der Waals surface area contributed by atoms with E-state index in [0.29, 0.717) is 31.0 Å². The quantitative estimate of drug-likeness (QED) is 0.668. The van der Waals surface area contributed by atoms with Crippen molar-refractivity contribution in [2.24, 2.45) is 11.8 Å². The van der Waals surface area contributed by atoms with Gasteiger partial charge in [-0.05, 0) is 35.6 Å². The summed E-state index contributed by atoms with van der Waals surface area (Å²) in [6.45, 7) is 5.21. The smallest absolute Gasteiger partial charge is 0.225 e. The molecular weight excluding hydrogens is 392 g/mol. The average Bonchev–Trinajstić information content (AvgIpc) is 3.16. The normalized spacial score (nSPS) is 17.0. The van der Waals surface area contributed by atoms with Gasteiger partial charge in [-0.3, -0.25) is 9.59 Å². The van der Waals surface area contributed by atoms with Crippen LogP contribution in [0.2, 0.25) is 0 Å². The van der Waals surface area contributed by atoms with Crippen LogP contribution in [-0.2, 0) is 16.0 Å². The molecule has 0 bridgehead atoms. The SMILES string of the molecule is COc1ccc(CCN2CC(C(=O)NC(c3ccccc3)C(C)C)CC2=O)cc1OC. The molecule has 1 heterocycles. The highest BCUT2D eigenvalue weighted by Gasteiger charge is 2.35. The molecule has 2 aromatic rings. The fourth-order valence-corrected chi connectivity index (χ4v) is 4.03. The van der Waals surface area contributed by atoms with Gasteiger partial charge in [-0.2, -0.15) is 0 Å². The van der Waals surface area contributed by atoms with E-state index in [0.717, 1.165) is 11.1 Å². The van der Waals surface area contributed by atoms with Gasteiger partial charge in [0.2, 0.25) is 11.8 Å². The van der Waals surface area contributed by atoms with Crippen LogP contribution in [0, 0.1) is 11.8 Å². The van der Waals surface area contributed by atoms with Crippen molar-refractivity contribution in [2.45, 2.75) is 32.7 Å². The standard InChI is InChI=1S/C25H32N2O4/c1-17(2)24(19-8-6-5-7-9-19)26-25(29)20-15-23(28)27(16-20)13-12-18-10-11-21(30-3)22(14-18)31-4/h5-11,14,17,20,24H,12-13,15-16H2,1-4H3,(H,26,29). The third kappa shape index (κ3) is 5.57. The first-order valence-corrected chi connectivity index (χ1v) is 10.8. The molecule has 0 aliphatic carbocycles. The maximum atomic E-state index is 12.9. The van der Waals surface area contributed by atoms with E-state index in [2.05, 4.69) is 19.2 Å². The maximum Gasteiger partial charge on any atom is 0.225 e. The van der Waals surface area contributed by atoms with Crippen LogP contribution in [0.5, 0.6) is 11.5 Å². The molecule has 0 radical (unpaired) electrons. The number of likely N-dealkylation sites (tertiary alicyclic amines) is 1. The van der Waals surface area contributed by atoms with Gasteiger partial charge in [0, 0.05) is 19.5 Å². The largest absolute Gasteiger partial charge is 0.493 e. The highest BCUT2D eigenvalue weighted by Crippen LogP contribution is 2.28. The van der Waals surface area contributed by atoms with E-state index in [4.69, 9.17) is 9.47 Å². The first-order valence-electron chi connectivity index (χ1n) is 10.8. The molecule has 1 aliphatic rings. The number of ether oxygens (including phenoxy) is 2. The van der Waals surface area contributed by atoms with Crippen LogP contribution in [-0.4, -0.2) is 44.0 Å². The Labute approximate surface area is 184 Å². The molecule has 2 aromatic carbocycles. The topological polar surface area (TPSA) is 67.9 Å². The summed E-state index contributed by atoms with van der Waals surface area (Å²) in [5.41, 5.74) is 2.14. The van der Waals surface area contributed by atoms with E-state index in [1.165, 1.54) is 0 Å². The zero-order valence-corrected chi connectivity index (χ0v) is 18.8. The molecule has 31 heavy (non-hydrogen) atoms. The third-order valence-electron chi connectivity index (χ3n) is 5.83. The van der Waals surface area contributed by atoms with Crippen molar-refractivity contribution in [1.82, 2.24) is 10.2 Å². The van der Waals surface area contributed by atoms with Crippen molar-refractivity contribution < 1.29 is 19.1 Å². The summed E-state index contributed by atoms with van der Waals surface area (Å²) in [7, 11) is 3.21. The Morgan fingerprint density at radius 1 is 1.10 bits per heavy atom. The lowest BCUT2D eigenvalue weighted by Gasteiger charge is -2.24. The molecule has 1 fully saturated rings. The Morgan fingerprint density at radius 3 is 2.45 bits per heavy atom. The van der Waals surface area contributed by atoms with E-state index in [1.807, 2.05) is 48.5 Å². The Balaban J connectivity index is 1.58. The number of methoxy groups -OCH3 is 2. The van der Waals surface area contributed by atoms with Gasteiger partial charge in [0.25, 0.3) is 0 Å². The molecular formula is C25H32N2O4. The van der Waals surface area contributed by atoms with Crippen LogP contribution in [0.1, 0.15) is 37.4 Å². The molecule has 6 nitrogen and oxygen atoms in total. The van der Waals surface area contributed by atoms with Gasteiger partial charge in [-0.1, -0.05) is 50.2 Å². The molecule has 1 N–H and O–H groups in total. The molecule has 2 amide bonds. The molecule has 1 saturated heterocycles. The molecule has 3 rings (SSSR count). The lowest BCUT2D eigenvalue weighted by molar-refractivity contribution is -0.129. The third-order valence-corrected chi connectivity index (χ3v) is 5.83. The maximum absolute atomic E-state index is 12.9. The summed E-state index contributed by atoms with van der Waals surface area (Å²) in [6.07, 6.45) is 0.955. The summed E-state index contributed by atoms with van der Waals surface area (Å²) in [4.78, 5) is 27.2. The Morgan fingerprint density at radius 2 is 1.81 bits per heavy atom. The fraction of sp³-hybridized carbons (Fsp3) is 0.440. The number of hydrogen-bond acceptors (Lipinski definition) is 4. The van der Waals surface area contributed by atoms with Crippen LogP contribution < -0.4 is 14.8 Å². The average molecular weight is 425 g/mol. The van der Waals surface area contributed by atoms with Gasteiger partial charge in [0.05, 0.1) is 26.2 Å². The van der Waals surface area contributed by atoms with Crippen LogP contribution >= 0.6 is 0 Å². The Hall–Kier alpha value is -3.02. The van der Waals surface area contributed by atoms with Gasteiger partial charge in [-0.15, -0.1) is 0 Å². The van der Waals surface area contributed by atoms with Crippen molar-refractivity contribution in [2.75, 3.05) is 27.3 Å². The van der Waals surface area contributed by atoms with Crippen LogP contribution in [0.4, 0.5) is 0 Å². The Kier molecular flexibility index (Phi) is 7.55. The van der Waals surface area contributed by atoms with Gasteiger partial charge in [0.1, 0.15) is 0 Å². The predicted octanol–water partition coefficient (Wildman–Crippen LogP) is 3.61. The summed E-state index contributed by atoms with van der Waals surface area (Å²) in [5.74, 6) is 1.27. The monoisotopic (exact) mass is 424 g/mol. The van der Waals surface area contributed by atoms with Crippen LogP contribution in [0.15, 0.2) is 48.5 Å². The van der Waals surface area contributed by atoms with Crippen molar-refractivity contribution in [1.29, 1.82) is 0 Å². The molecule has 2 atom stereocenters. The first kappa shape index (κ1) is 22.7. The second-order valence-corrected chi connectivity index (χ2v) is 8.32. The number of rotatable bonds is 9.